The maximum Gasteiger partial charge on any atom is 0.263 e. The van der Waals surface area contributed by atoms with E-state index < -0.39 is 11.5 Å². The highest BCUT2D eigenvalue weighted by Gasteiger charge is 2.44. The number of carbonyl (C=O) groups excluding carboxylic acids is 1. The first-order valence-corrected chi connectivity index (χ1v) is 10.7. The zero-order valence-corrected chi connectivity index (χ0v) is 17.9. The van der Waals surface area contributed by atoms with E-state index in [1.165, 1.54) is 16.5 Å². The number of aryl methyl sites for hydroxylation is 1. The summed E-state index contributed by atoms with van der Waals surface area (Å²) in [4.78, 5) is 29.8. The smallest absolute Gasteiger partial charge is 0.263 e. The summed E-state index contributed by atoms with van der Waals surface area (Å²) in [5.41, 5.74) is 1.13. The van der Waals surface area contributed by atoms with E-state index >= 15 is 0 Å². The first kappa shape index (κ1) is 20.7. The highest BCUT2D eigenvalue weighted by molar-refractivity contribution is 7.98. The third-order valence-electron chi connectivity index (χ3n) is 5.24. The number of nitrogens with two attached hydrogens (primary N) is 1. The van der Waals surface area contributed by atoms with Crippen molar-refractivity contribution in [2.24, 2.45) is 12.2 Å². The molecule has 3 aromatic rings. The molecule has 0 saturated heterocycles. The Morgan fingerprint density at radius 1 is 1.33 bits per heavy atom. The molecule has 2 heterocycles. The zero-order chi connectivity index (χ0) is 21.3. The lowest BCUT2D eigenvalue weighted by molar-refractivity contribution is 0.0949. The minimum atomic E-state index is -0.449. The SMILES string of the molecule is Cn1c(=O)c(C(=O)NCc2ccc(Cl)cc2)cc2cncc(OCC3(SN)CC3)c21. The second kappa shape index (κ2) is 8.29. The molecular formula is C21H21ClN4O3S. The molecule has 30 heavy (non-hydrogen) atoms. The van der Waals surface area contributed by atoms with E-state index in [1.807, 2.05) is 12.1 Å². The summed E-state index contributed by atoms with van der Waals surface area (Å²) >= 11 is 7.19. The van der Waals surface area contributed by atoms with Crippen LogP contribution in [0.15, 0.2) is 47.5 Å². The Morgan fingerprint density at radius 2 is 2.07 bits per heavy atom. The fourth-order valence-electron chi connectivity index (χ4n) is 3.21. The number of aromatic nitrogens is 2. The Bertz CT molecular complexity index is 1160. The second-order valence-corrected chi connectivity index (χ2v) is 8.93. The van der Waals surface area contributed by atoms with Crippen molar-refractivity contribution in [3.05, 3.63) is 69.2 Å². The van der Waals surface area contributed by atoms with Gasteiger partial charge in [-0.1, -0.05) is 35.7 Å². The standard InChI is InChI=1S/C21H21ClN4O3S/c1-26-18-14(10-24-11-17(18)29-12-21(30-23)6-7-21)8-16(20(26)28)19(27)25-9-13-2-4-15(22)5-3-13/h2-5,8,10-11H,6-7,9,12,23H2,1H3,(H,25,27). The molecule has 4 rings (SSSR count). The van der Waals surface area contributed by atoms with Gasteiger partial charge in [0.1, 0.15) is 12.2 Å². The van der Waals surface area contributed by atoms with Gasteiger partial charge in [-0.05, 0) is 36.6 Å². The van der Waals surface area contributed by atoms with Crippen LogP contribution in [0.4, 0.5) is 0 Å². The van der Waals surface area contributed by atoms with E-state index in [1.54, 1.807) is 37.6 Å². The number of benzene rings is 1. The van der Waals surface area contributed by atoms with Crippen molar-refractivity contribution in [3.63, 3.8) is 0 Å². The maximum absolute atomic E-state index is 12.9. The van der Waals surface area contributed by atoms with Crippen molar-refractivity contribution in [3.8, 4) is 5.75 Å². The fourth-order valence-corrected chi connectivity index (χ4v) is 3.80. The van der Waals surface area contributed by atoms with Gasteiger partial charge >= 0.3 is 0 Å². The number of amides is 1. The molecule has 1 aliphatic rings. The van der Waals surface area contributed by atoms with Gasteiger partial charge in [0.25, 0.3) is 11.5 Å². The average molecular weight is 445 g/mol. The number of hydrogen-bond donors (Lipinski definition) is 2. The Balaban J connectivity index is 1.58. The molecular weight excluding hydrogens is 424 g/mol. The van der Waals surface area contributed by atoms with Crippen molar-refractivity contribution in [2.45, 2.75) is 24.1 Å². The monoisotopic (exact) mass is 444 g/mol. The number of carbonyl (C=O) groups is 1. The number of nitrogens with zero attached hydrogens (tertiary/aromatic N) is 2. The van der Waals surface area contributed by atoms with Gasteiger partial charge in [-0.3, -0.25) is 19.7 Å². The molecule has 1 saturated carbocycles. The lowest BCUT2D eigenvalue weighted by atomic mass is 10.1. The molecule has 0 spiro atoms. The normalized spacial score (nSPS) is 14.5. The quantitative estimate of drug-likeness (QED) is 0.543. The molecule has 7 nitrogen and oxygen atoms in total. The molecule has 1 aromatic carbocycles. The van der Waals surface area contributed by atoms with Crippen molar-refractivity contribution >= 4 is 40.4 Å². The van der Waals surface area contributed by atoms with Crippen molar-refractivity contribution in [2.75, 3.05) is 6.61 Å². The number of pyridine rings is 2. The first-order chi connectivity index (χ1) is 14.4. The minimum Gasteiger partial charge on any atom is -0.488 e. The second-order valence-electron chi connectivity index (χ2n) is 7.40. The van der Waals surface area contributed by atoms with Gasteiger partial charge in [0.2, 0.25) is 0 Å². The molecule has 0 aliphatic heterocycles. The van der Waals surface area contributed by atoms with Crippen molar-refractivity contribution in [1.82, 2.24) is 14.9 Å². The molecule has 1 amide bonds. The number of rotatable bonds is 7. The summed E-state index contributed by atoms with van der Waals surface area (Å²) in [6, 6.07) is 8.70. The Hall–Kier alpha value is -2.55. The summed E-state index contributed by atoms with van der Waals surface area (Å²) in [7, 11) is 1.62. The van der Waals surface area contributed by atoms with E-state index in [9.17, 15) is 9.59 Å². The average Bonchev–Trinajstić information content (AvgIpc) is 3.54. The third kappa shape index (κ3) is 4.16. The summed E-state index contributed by atoms with van der Waals surface area (Å²) in [5.74, 6) is 0.0517. The number of fused-ring (bicyclic) bond motifs is 1. The predicted octanol–water partition coefficient (Wildman–Crippen LogP) is 3.04. The lowest BCUT2D eigenvalue weighted by Crippen LogP contribution is -2.32. The van der Waals surface area contributed by atoms with Crippen LogP contribution in [0, 0.1) is 0 Å². The van der Waals surface area contributed by atoms with Crippen LogP contribution in [0.5, 0.6) is 5.75 Å². The molecule has 9 heteroatoms. The maximum atomic E-state index is 12.9. The fraction of sp³-hybridized carbons (Fsp3) is 0.286. The lowest BCUT2D eigenvalue weighted by Gasteiger charge is -2.16. The van der Waals surface area contributed by atoms with Gasteiger partial charge in [-0.25, -0.2) is 0 Å². The highest BCUT2D eigenvalue weighted by atomic mass is 35.5. The van der Waals surface area contributed by atoms with Crippen LogP contribution in [0.3, 0.4) is 0 Å². The predicted molar refractivity (Wildman–Crippen MR) is 119 cm³/mol. The summed E-state index contributed by atoms with van der Waals surface area (Å²) in [5, 5.41) is 9.80. The van der Waals surface area contributed by atoms with Crippen molar-refractivity contribution in [1.29, 1.82) is 0 Å². The first-order valence-electron chi connectivity index (χ1n) is 9.43. The zero-order valence-electron chi connectivity index (χ0n) is 16.4. The molecule has 1 fully saturated rings. The Morgan fingerprint density at radius 3 is 2.73 bits per heavy atom. The van der Waals surface area contributed by atoms with E-state index in [0.29, 0.717) is 28.3 Å². The van der Waals surface area contributed by atoms with Gasteiger partial charge in [-0.15, -0.1) is 0 Å². The van der Waals surface area contributed by atoms with Gasteiger partial charge in [-0.2, -0.15) is 0 Å². The molecule has 156 valence electrons. The van der Waals surface area contributed by atoms with Crippen LogP contribution in [0.25, 0.3) is 10.9 Å². The van der Waals surface area contributed by atoms with Crippen molar-refractivity contribution < 1.29 is 9.53 Å². The number of hydrogen-bond acceptors (Lipinski definition) is 6. The summed E-state index contributed by atoms with van der Waals surface area (Å²) in [6.45, 7) is 0.740. The van der Waals surface area contributed by atoms with Crippen LogP contribution >= 0.6 is 23.5 Å². The summed E-state index contributed by atoms with van der Waals surface area (Å²) < 4.78 is 7.33. The number of halogens is 1. The van der Waals surface area contributed by atoms with Gasteiger partial charge in [0.05, 0.1) is 16.5 Å². The topological polar surface area (TPSA) is 99.2 Å². The van der Waals surface area contributed by atoms with E-state index in [2.05, 4.69) is 10.3 Å². The number of ether oxygens (including phenoxy) is 1. The summed E-state index contributed by atoms with van der Waals surface area (Å²) in [6.07, 6.45) is 5.20. The highest BCUT2D eigenvalue weighted by Crippen LogP contribution is 2.46. The van der Waals surface area contributed by atoms with Gasteiger partial charge < -0.3 is 14.6 Å². The molecule has 0 unspecified atom stereocenters. The van der Waals surface area contributed by atoms with E-state index in [4.69, 9.17) is 21.5 Å². The van der Waals surface area contributed by atoms with Gasteiger partial charge in [0, 0.05) is 30.2 Å². The molecule has 0 atom stereocenters. The Labute approximate surface area is 182 Å². The van der Waals surface area contributed by atoms with Crippen LogP contribution in [0.2, 0.25) is 5.02 Å². The van der Waals surface area contributed by atoms with Gasteiger partial charge in [0.15, 0.2) is 5.75 Å². The number of nitrogens with one attached hydrogen (secondary N) is 1. The van der Waals surface area contributed by atoms with E-state index in [-0.39, 0.29) is 16.9 Å². The molecule has 3 N–H and O–H groups in total. The molecule has 2 aromatic heterocycles. The van der Waals surface area contributed by atoms with Crippen LogP contribution in [0.1, 0.15) is 28.8 Å². The Kier molecular flexibility index (Phi) is 5.73. The largest absolute Gasteiger partial charge is 0.488 e. The van der Waals surface area contributed by atoms with E-state index in [0.717, 1.165) is 18.4 Å². The molecule has 1 aliphatic carbocycles. The van der Waals surface area contributed by atoms with Crippen LogP contribution in [-0.4, -0.2) is 26.8 Å². The molecule has 0 bridgehead atoms. The third-order valence-corrected chi connectivity index (χ3v) is 6.52. The minimum absolute atomic E-state index is 0.0501. The van der Waals surface area contributed by atoms with Crippen LogP contribution in [-0.2, 0) is 13.6 Å². The molecule has 0 radical (unpaired) electrons. The van der Waals surface area contributed by atoms with Crippen LogP contribution < -0.4 is 20.8 Å².